The zero-order valence-electron chi connectivity index (χ0n) is 15.7. The fourth-order valence-corrected chi connectivity index (χ4v) is 3.83. The zero-order chi connectivity index (χ0) is 22.1. The van der Waals surface area contributed by atoms with Gasteiger partial charge in [-0.05, 0) is 36.4 Å². The number of hydroxylamine groups is 2. The quantitative estimate of drug-likeness (QED) is 0.475. The SMILES string of the molecule is C=S(=O)(O)C1CC(=O)N(OC(=O)CCCc2ccc(N3C(=O)C=CC3=O)cc2)C1=O. The third-order valence-corrected chi connectivity index (χ3v) is 5.81. The van der Waals surface area contributed by atoms with Gasteiger partial charge in [0.2, 0.25) is 0 Å². The lowest BCUT2D eigenvalue weighted by Gasteiger charge is -2.14. The summed E-state index contributed by atoms with van der Waals surface area (Å²) in [7, 11) is -3.78. The second kappa shape index (κ2) is 8.20. The van der Waals surface area contributed by atoms with Gasteiger partial charge in [0, 0.05) is 18.6 Å². The molecule has 2 atom stereocenters. The largest absolute Gasteiger partial charge is 0.333 e. The normalized spacial score (nSPS) is 20.8. The van der Waals surface area contributed by atoms with E-state index < -0.39 is 51.1 Å². The molecule has 0 aliphatic carbocycles. The van der Waals surface area contributed by atoms with E-state index in [4.69, 9.17) is 4.84 Å². The molecule has 2 heterocycles. The number of imide groups is 2. The molecular weight excluding hydrogens is 416 g/mol. The van der Waals surface area contributed by atoms with Gasteiger partial charge in [-0.2, -0.15) is 0 Å². The minimum absolute atomic E-state index is 0.102. The molecule has 30 heavy (non-hydrogen) atoms. The van der Waals surface area contributed by atoms with Gasteiger partial charge in [0.1, 0.15) is 5.25 Å². The number of hydrogen-bond acceptors (Lipinski definition) is 7. The number of hydrogen-bond donors (Lipinski definition) is 1. The van der Waals surface area contributed by atoms with Crippen LogP contribution < -0.4 is 4.90 Å². The molecule has 1 saturated heterocycles. The van der Waals surface area contributed by atoms with Crippen molar-refractivity contribution in [1.29, 1.82) is 0 Å². The predicted octanol–water partition coefficient (Wildman–Crippen LogP) is 0.214. The van der Waals surface area contributed by atoms with Crippen LogP contribution in [0.4, 0.5) is 5.69 Å². The lowest BCUT2D eigenvalue weighted by Crippen LogP contribution is -2.36. The van der Waals surface area contributed by atoms with Gasteiger partial charge in [-0.1, -0.05) is 12.1 Å². The second-order valence-corrected chi connectivity index (χ2v) is 8.69. The van der Waals surface area contributed by atoms with Crippen molar-refractivity contribution in [3.05, 3.63) is 42.0 Å². The Morgan fingerprint density at radius 2 is 1.73 bits per heavy atom. The van der Waals surface area contributed by atoms with Crippen LogP contribution in [0.2, 0.25) is 0 Å². The van der Waals surface area contributed by atoms with Crippen LogP contribution in [0.1, 0.15) is 24.8 Å². The Morgan fingerprint density at radius 1 is 1.13 bits per heavy atom. The molecule has 1 aromatic rings. The van der Waals surface area contributed by atoms with Crippen LogP contribution in [0.5, 0.6) is 0 Å². The van der Waals surface area contributed by atoms with Crippen LogP contribution in [0.15, 0.2) is 36.4 Å². The Balaban J connectivity index is 1.49. The van der Waals surface area contributed by atoms with Crippen LogP contribution in [-0.4, -0.2) is 54.5 Å². The predicted molar refractivity (Wildman–Crippen MR) is 105 cm³/mol. The van der Waals surface area contributed by atoms with Gasteiger partial charge in [-0.3, -0.25) is 19.2 Å². The van der Waals surface area contributed by atoms with Gasteiger partial charge in [-0.25, -0.2) is 13.9 Å². The van der Waals surface area contributed by atoms with Crippen LogP contribution in [0.3, 0.4) is 0 Å². The van der Waals surface area contributed by atoms with E-state index in [2.05, 4.69) is 5.87 Å². The van der Waals surface area contributed by atoms with Gasteiger partial charge >= 0.3 is 5.97 Å². The minimum atomic E-state index is -3.78. The molecule has 11 heteroatoms. The molecule has 10 nitrogen and oxygen atoms in total. The van der Waals surface area contributed by atoms with Gasteiger partial charge in [-0.15, -0.1) is 5.06 Å². The highest BCUT2D eigenvalue weighted by atomic mass is 32.2. The van der Waals surface area contributed by atoms with Crippen molar-refractivity contribution in [1.82, 2.24) is 5.06 Å². The molecule has 3 rings (SSSR count). The van der Waals surface area contributed by atoms with E-state index in [0.29, 0.717) is 18.5 Å². The van der Waals surface area contributed by atoms with E-state index in [9.17, 15) is 32.7 Å². The number of carbonyl (C=O) groups is 5. The molecule has 1 N–H and O–H groups in total. The molecule has 0 radical (unpaired) electrons. The zero-order valence-corrected chi connectivity index (χ0v) is 16.5. The summed E-state index contributed by atoms with van der Waals surface area (Å²) >= 11 is 0. The van der Waals surface area contributed by atoms with Crippen molar-refractivity contribution < 1.29 is 37.6 Å². The van der Waals surface area contributed by atoms with Crippen molar-refractivity contribution in [2.24, 2.45) is 0 Å². The van der Waals surface area contributed by atoms with Crippen molar-refractivity contribution >= 4 is 51.0 Å². The van der Waals surface area contributed by atoms with Crippen LogP contribution in [0.25, 0.3) is 0 Å². The molecule has 0 spiro atoms. The molecule has 2 unspecified atom stereocenters. The molecule has 4 amide bonds. The van der Waals surface area contributed by atoms with Crippen molar-refractivity contribution in [2.45, 2.75) is 30.9 Å². The van der Waals surface area contributed by atoms with E-state index in [1.54, 1.807) is 24.3 Å². The molecule has 0 aromatic heterocycles. The molecule has 1 aromatic carbocycles. The summed E-state index contributed by atoms with van der Waals surface area (Å²) in [5, 5.41) is -1.30. The number of benzene rings is 1. The second-order valence-electron chi connectivity index (χ2n) is 6.74. The van der Waals surface area contributed by atoms with Gasteiger partial charge in [0.25, 0.3) is 23.6 Å². The highest BCUT2D eigenvalue weighted by molar-refractivity contribution is 7.96. The monoisotopic (exact) mass is 434 g/mol. The van der Waals surface area contributed by atoms with Gasteiger partial charge < -0.3 is 9.39 Å². The molecule has 2 aliphatic rings. The Bertz CT molecular complexity index is 1040. The topological polar surface area (TPSA) is 138 Å². The lowest BCUT2D eigenvalue weighted by atomic mass is 10.1. The fourth-order valence-electron chi connectivity index (χ4n) is 3.02. The fraction of sp³-hybridized carbons (Fsp3) is 0.263. The summed E-state index contributed by atoms with van der Waals surface area (Å²) in [4.78, 5) is 64.8. The first kappa shape index (κ1) is 21.4. The van der Waals surface area contributed by atoms with Gasteiger partial charge in [0.15, 0.2) is 0 Å². The number of rotatable bonds is 7. The summed E-state index contributed by atoms with van der Waals surface area (Å²) in [5.74, 6) is -0.631. The molecular formula is C19H18N2O8S. The highest BCUT2D eigenvalue weighted by Gasteiger charge is 2.45. The maximum atomic E-state index is 12.0. The molecule has 2 aliphatic heterocycles. The maximum Gasteiger partial charge on any atom is 0.333 e. The molecule has 1 fully saturated rings. The first-order chi connectivity index (χ1) is 14.1. The van der Waals surface area contributed by atoms with Crippen LogP contribution >= 0.6 is 0 Å². The Kier molecular flexibility index (Phi) is 5.85. The number of nitrogens with zero attached hydrogens (tertiary/aromatic N) is 2. The van der Waals surface area contributed by atoms with Crippen molar-refractivity contribution in [3.63, 3.8) is 0 Å². The minimum Gasteiger partial charge on any atom is -0.330 e. The first-order valence-electron chi connectivity index (χ1n) is 8.89. The lowest BCUT2D eigenvalue weighted by molar-refractivity contribution is -0.197. The average Bonchev–Trinajstić information content (AvgIpc) is 3.15. The van der Waals surface area contributed by atoms with E-state index >= 15 is 0 Å². The number of carbonyl (C=O) groups excluding carboxylic acids is 5. The Labute approximate surface area is 171 Å². The third-order valence-electron chi connectivity index (χ3n) is 4.55. The maximum absolute atomic E-state index is 12.0. The van der Waals surface area contributed by atoms with E-state index in [1.165, 1.54) is 12.2 Å². The van der Waals surface area contributed by atoms with Gasteiger partial charge in [0.05, 0.1) is 21.9 Å². The summed E-state index contributed by atoms with van der Waals surface area (Å²) < 4.78 is 20.9. The summed E-state index contributed by atoms with van der Waals surface area (Å²) in [5.41, 5.74) is 1.27. The van der Waals surface area contributed by atoms with E-state index in [0.717, 1.165) is 10.5 Å². The number of amides is 4. The van der Waals surface area contributed by atoms with Crippen molar-refractivity contribution in [2.75, 3.05) is 4.90 Å². The summed E-state index contributed by atoms with van der Waals surface area (Å²) in [6.45, 7) is 0. The van der Waals surface area contributed by atoms with Crippen molar-refractivity contribution in [3.8, 4) is 0 Å². The first-order valence-corrected chi connectivity index (χ1v) is 10.6. The number of aryl methyl sites for hydroxylation is 1. The average molecular weight is 434 g/mol. The standard InChI is InChI=1S/C19H18N2O8S/c1-30(27,28)14-11-17(24)21(19(14)26)29-18(25)4-2-3-12-5-7-13(8-6-12)20-15(22)9-10-16(20)23/h5-10,14H,1-4,11H2,(H,27,28). The third kappa shape index (κ3) is 4.47. The summed E-state index contributed by atoms with van der Waals surface area (Å²) in [6.07, 6.45) is 2.53. The highest BCUT2D eigenvalue weighted by Crippen LogP contribution is 2.22. The van der Waals surface area contributed by atoms with E-state index in [1.807, 2.05) is 0 Å². The van der Waals surface area contributed by atoms with E-state index in [-0.39, 0.29) is 11.5 Å². The summed E-state index contributed by atoms with van der Waals surface area (Å²) in [6, 6.07) is 6.65. The van der Waals surface area contributed by atoms with Crippen LogP contribution in [0, 0.1) is 0 Å². The Morgan fingerprint density at radius 3 is 2.27 bits per heavy atom. The number of anilines is 1. The molecule has 0 saturated carbocycles. The molecule has 0 bridgehead atoms. The smallest absolute Gasteiger partial charge is 0.330 e. The molecule has 158 valence electrons. The Hall–Kier alpha value is -3.31. The van der Waals surface area contributed by atoms with Crippen LogP contribution in [-0.2, 0) is 45.0 Å².